The maximum Gasteiger partial charge on any atom is 0.297 e. The average molecular weight is 433 g/mol. The molecule has 0 spiro atoms. The lowest BCUT2D eigenvalue weighted by molar-refractivity contribution is -0.384. The van der Waals surface area contributed by atoms with E-state index in [2.05, 4.69) is 13.8 Å². The second-order valence-corrected chi connectivity index (χ2v) is 7.95. The van der Waals surface area contributed by atoms with Gasteiger partial charge in [0.1, 0.15) is 0 Å². The second-order valence-electron chi connectivity index (χ2n) is 7.95. The Morgan fingerprint density at radius 1 is 0.935 bits per heavy atom. The fourth-order valence-corrected chi connectivity index (χ4v) is 3.80. The normalized spacial score (nSPS) is 11.1. The molecule has 0 atom stereocenters. The molecule has 172 valence electrons. The summed E-state index contributed by atoms with van der Waals surface area (Å²) >= 11 is 0. The highest BCUT2D eigenvalue weighted by Gasteiger charge is 2.21. The molecule has 2 aromatic rings. The van der Waals surface area contributed by atoms with Crippen molar-refractivity contribution in [1.29, 1.82) is 0 Å². The molecule has 0 saturated carbocycles. The highest BCUT2D eigenvalue weighted by molar-refractivity contribution is 5.89. The van der Waals surface area contributed by atoms with Crippen molar-refractivity contribution in [2.75, 3.05) is 13.7 Å². The molecule has 0 N–H and O–H groups in total. The maximum absolute atomic E-state index is 13.2. The minimum absolute atomic E-state index is 0.0392. The Morgan fingerprint density at radius 3 is 2.23 bits per heavy atom. The van der Waals surface area contributed by atoms with E-state index in [-0.39, 0.29) is 17.0 Å². The van der Waals surface area contributed by atoms with Gasteiger partial charge in [0.25, 0.3) is 11.2 Å². The number of fused-ring (bicyclic) bond motifs is 1. The Morgan fingerprint density at radius 2 is 1.58 bits per heavy atom. The lowest BCUT2D eigenvalue weighted by Crippen LogP contribution is -2.23. The van der Waals surface area contributed by atoms with Crippen molar-refractivity contribution in [3.8, 4) is 11.5 Å². The Labute approximate surface area is 184 Å². The fraction of sp³-hybridized carbons (Fsp3) is 0.625. The molecule has 0 fully saturated rings. The number of hydrogen-bond donors (Lipinski definition) is 0. The van der Waals surface area contributed by atoms with Crippen LogP contribution in [0.25, 0.3) is 10.9 Å². The number of aromatic nitrogens is 1. The lowest BCUT2D eigenvalue weighted by atomic mass is 10.1. The number of nitro groups is 1. The first-order chi connectivity index (χ1) is 15.0. The van der Waals surface area contributed by atoms with Crippen molar-refractivity contribution in [3.05, 3.63) is 38.7 Å². The lowest BCUT2D eigenvalue weighted by Gasteiger charge is -2.17. The van der Waals surface area contributed by atoms with Gasteiger partial charge in [-0.3, -0.25) is 14.9 Å². The van der Waals surface area contributed by atoms with E-state index < -0.39 is 4.92 Å². The first-order valence-electron chi connectivity index (χ1n) is 11.6. The number of nitro benzene ring substituents is 1. The summed E-state index contributed by atoms with van der Waals surface area (Å²) in [7, 11) is 1.47. The van der Waals surface area contributed by atoms with E-state index in [0.29, 0.717) is 29.8 Å². The highest BCUT2D eigenvalue weighted by Crippen LogP contribution is 2.35. The molecule has 7 heteroatoms. The molecule has 0 bridgehead atoms. The van der Waals surface area contributed by atoms with Crippen molar-refractivity contribution >= 4 is 16.6 Å². The summed E-state index contributed by atoms with van der Waals surface area (Å²) in [4.78, 5) is 24.1. The molecule has 0 aliphatic heterocycles. The van der Waals surface area contributed by atoms with Crippen LogP contribution in [0, 0.1) is 10.1 Å². The van der Waals surface area contributed by atoms with Gasteiger partial charge in [0.05, 0.1) is 24.2 Å². The van der Waals surface area contributed by atoms with E-state index >= 15 is 0 Å². The molecule has 0 amide bonds. The minimum atomic E-state index is -0.436. The molecule has 0 unspecified atom stereocenters. The zero-order valence-electron chi connectivity index (χ0n) is 19.2. The van der Waals surface area contributed by atoms with Crippen LogP contribution < -0.4 is 15.0 Å². The summed E-state index contributed by atoms with van der Waals surface area (Å²) in [5.74, 6) is 0.552. The summed E-state index contributed by atoms with van der Waals surface area (Å²) in [6, 6.07) is 4.58. The summed E-state index contributed by atoms with van der Waals surface area (Å²) in [5.41, 5.74) is 0.187. The topological polar surface area (TPSA) is 83.6 Å². The first kappa shape index (κ1) is 24.7. The SMILES string of the molecule is CCCCCCCCn1c(=O)c(OC)c(OCCCCCC)c2ccc([N+](=O)[O-])cc21. The monoisotopic (exact) mass is 432 g/mol. The van der Waals surface area contributed by atoms with Crippen molar-refractivity contribution in [3.63, 3.8) is 0 Å². The molecule has 31 heavy (non-hydrogen) atoms. The molecule has 1 aromatic heterocycles. The smallest absolute Gasteiger partial charge is 0.297 e. The Bertz CT molecular complexity index is 907. The first-order valence-corrected chi connectivity index (χ1v) is 11.6. The predicted molar refractivity (Wildman–Crippen MR) is 124 cm³/mol. The van der Waals surface area contributed by atoms with Gasteiger partial charge in [0.15, 0.2) is 5.75 Å². The van der Waals surface area contributed by atoms with Crippen LogP contribution in [0.3, 0.4) is 0 Å². The van der Waals surface area contributed by atoms with Gasteiger partial charge < -0.3 is 14.0 Å². The number of rotatable bonds is 15. The van der Waals surface area contributed by atoms with Crippen LogP contribution in [0.2, 0.25) is 0 Å². The zero-order chi connectivity index (χ0) is 22.6. The highest BCUT2D eigenvalue weighted by atomic mass is 16.6. The van der Waals surface area contributed by atoms with Crippen molar-refractivity contribution in [2.45, 2.75) is 84.6 Å². The Hall–Kier alpha value is -2.57. The molecule has 1 heterocycles. The third-order valence-corrected chi connectivity index (χ3v) is 5.56. The van der Waals surface area contributed by atoms with Crippen molar-refractivity contribution in [2.24, 2.45) is 0 Å². The van der Waals surface area contributed by atoms with Crippen LogP contribution in [-0.2, 0) is 6.54 Å². The zero-order valence-corrected chi connectivity index (χ0v) is 19.2. The molecule has 2 rings (SSSR count). The van der Waals surface area contributed by atoms with Crippen LogP contribution in [0.4, 0.5) is 5.69 Å². The van der Waals surface area contributed by atoms with Gasteiger partial charge in [0.2, 0.25) is 5.75 Å². The van der Waals surface area contributed by atoms with Crippen LogP contribution in [0.5, 0.6) is 11.5 Å². The summed E-state index contributed by atoms with van der Waals surface area (Å²) in [6.45, 7) is 5.30. The molecular formula is C24H36N2O5. The molecule has 0 saturated heterocycles. The standard InChI is InChI=1S/C24H36N2O5/c1-4-6-8-10-11-12-16-25-21-18-19(26(28)29)14-15-20(21)22(23(30-3)24(25)27)31-17-13-9-7-5-2/h14-15,18H,4-13,16-17H2,1-3H3. The summed E-state index contributed by atoms with van der Waals surface area (Å²) in [6.07, 6.45) is 10.8. The molecule has 0 aliphatic carbocycles. The van der Waals surface area contributed by atoms with Gasteiger partial charge in [0, 0.05) is 24.1 Å². The van der Waals surface area contributed by atoms with Gasteiger partial charge in [-0.2, -0.15) is 0 Å². The van der Waals surface area contributed by atoms with E-state index in [4.69, 9.17) is 9.47 Å². The Kier molecular flexibility index (Phi) is 10.3. The number of aryl methyl sites for hydroxylation is 1. The number of nitrogens with zero attached hydrogens (tertiary/aromatic N) is 2. The molecule has 0 aliphatic rings. The quantitative estimate of drug-likeness (QED) is 0.189. The number of unbranched alkanes of at least 4 members (excludes halogenated alkanes) is 8. The van der Waals surface area contributed by atoms with Crippen LogP contribution in [0.1, 0.15) is 78.1 Å². The third kappa shape index (κ3) is 6.71. The van der Waals surface area contributed by atoms with Crippen LogP contribution in [0.15, 0.2) is 23.0 Å². The van der Waals surface area contributed by atoms with E-state index in [1.54, 1.807) is 10.6 Å². The van der Waals surface area contributed by atoms with Gasteiger partial charge in [-0.25, -0.2) is 0 Å². The summed E-state index contributed by atoms with van der Waals surface area (Å²) in [5, 5.41) is 12.0. The van der Waals surface area contributed by atoms with E-state index in [0.717, 1.165) is 44.9 Å². The second kappa shape index (κ2) is 13.0. The van der Waals surface area contributed by atoms with Gasteiger partial charge in [-0.1, -0.05) is 65.2 Å². The molecule has 7 nitrogen and oxygen atoms in total. The predicted octanol–water partition coefficient (Wildman–Crippen LogP) is 6.24. The Balaban J connectivity index is 2.38. The maximum atomic E-state index is 13.2. The van der Waals surface area contributed by atoms with E-state index in [1.165, 1.54) is 38.5 Å². The molecule has 1 aromatic carbocycles. The van der Waals surface area contributed by atoms with E-state index in [9.17, 15) is 14.9 Å². The van der Waals surface area contributed by atoms with Crippen LogP contribution >= 0.6 is 0 Å². The minimum Gasteiger partial charge on any atom is -0.489 e. The number of pyridine rings is 1. The number of hydrogen-bond acceptors (Lipinski definition) is 5. The average Bonchev–Trinajstić information content (AvgIpc) is 2.77. The van der Waals surface area contributed by atoms with Gasteiger partial charge in [-0.15, -0.1) is 0 Å². The van der Waals surface area contributed by atoms with Crippen LogP contribution in [-0.4, -0.2) is 23.2 Å². The van der Waals surface area contributed by atoms with Gasteiger partial charge in [-0.05, 0) is 18.9 Å². The summed E-state index contributed by atoms with van der Waals surface area (Å²) < 4.78 is 13.0. The van der Waals surface area contributed by atoms with E-state index in [1.807, 2.05) is 0 Å². The number of ether oxygens (including phenoxy) is 2. The third-order valence-electron chi connectivity index (χ3n) is 5.56. The van der Waals surface area contributed by atoms with Crippen molar-refractivity contribution in [1.82, 2.24) is 4.57 Å². The molecular weight excluding hydrogens is 396 g/mol. The largest absolute Gasteiger partial charge is 0.489 e. The number of non-ortho nitro benzene ring substituents is 1. The number of methoxy groups -OCH3 is 1. The van der Waals surface area contributed by atoms with Crippen molar-refractivity contribution < 1.29 is 14.4 Å². The molecule has 0 radical (unpaired) electrons. The van der Waals surface area contributed by atoms with Gasteiger partial charge >= 0.3 is 0 Å². The number of benzene rings is 1. The fourth-order valence-electron chi connectivity index (χ4n) is 3.80.